The molecule has 3 rings (SSSR count). The van der Waals surface area contributed by atoms with Crippen LogP contribution in [-0.2, 0) is 0 Å². The smallest absolute Gasteiger partial charge is 0.258 e. The molecule has 0 aliphatic carbocycles. The van der Waals surface area contributed by atoms with Crippen LogP contribution in [0.15, 0.2) is 30.3 Å². The topological polar surface area (TPSA) is 147 Å². The highest BCUT2D eigenvalue weighted by Crippen LogP contribution is 2.35. The molecule has 2 aromatic carbocycles. The number of non-ortho nitro benzene ring substituents is 1. The Hall–Kier alpha value is -4.41. The molecule has 164 valence electrons. The average Bonchev–Trinajstić information content (AvgIpc) is 2.98. The summed E-state index contributed by atoms with van der Waals surface area (Å²) in [5, 5.41) is 38.6. The van der Waals surface area contributed by atoms with Gasteiger partial charge >= 0.3 is 0 Å². The molecule has 3 aromatic rings. The third kappa shape index (κ3) is 4.08. The van der Waals surface area contributed by atoms with Crippen molar-refractivity contribution in [2.75, 3.05) is 0 Å². The minimum Gasteiger partial charge on any atom is -0.258 e. The van der Waals surface area contributed by atoms with Crippen LogP contribution in [0.2, 0.25) is 0 Å². The van der Waals surface area contributed by atoms with Crippen molar-refractivity contribution in [1.29, 1.82) is 0 Å². The van der Waals surface area contributed by atoms with Crippen molar-refractivity contribution in [3.05, 3.63) is 94.3 Å². The minimum atomic E-state index is -0.907. The van der Waals surface area contributed by atoms with Crippen LogP contribution < -0.4 is 0 Å². The molecule has 0 aliphatic heterocycles. The second-order valence-corrected chi connectivity index (χ2v) is 7.29. The summed E-state index contributed by atoms with van der Waals surface area (Å²) in [4.78, 5) is 31.3. The fraction of sp³-hybridized carbons (Fsp3) is 0.190. The summed E-state index contributed by atoms with van der Waals surface area (Å²) in [5.41, 5.74) is 2.45. The zero-order valence-corrected chi connectivity index (χ0v) is 17.7. The maximum atomic E-state index is 11.5. The summed E-state index contributed by atoms with van der Waals surface area (Å²) in [6.07, 6.45) is 2.72. The lowest BCUT2D eigenvalue weighted by molar-refractivity contribution is -0.403. The quantitative estimate of drug-likeness (QED) is 0.389. The van der Waals surface area contributed by atoms with Crippen LogP contribution in [0.25, 0.3) is 17.8 Å². The molecule has 32 heavy (non-hydrogen) atoms. The third-order valence-corrected chi connectivity index (χ3v) is 5.07. The molecule has 0 radical (unpaired) electrons. The van der Waals surface area contributed by atoms with Gasteiger partial charge in [-0.25, -0.2) is 4.68 Å². The molecule has 0 saturated carbocycles. The van der Waals surface area contributed by atoms with E-state index >= 15 is 0 Å². The third-order valence-electron chi connectivity index (χ3n) is 5.07. The number of hydrogen-bond acceptors (Lipinski definition) is 7. The van der Waals surface area contributed by atoms with E-state index in [4.69, 9.17) is 0 Å². The summed E-state index contributed by atoms with van der Waals surface area (Å²) in [7, 11) is 0. The number of nitrogens with zero attached hydrogens (tertiary/aromatic N) is 5. The Kier molecular flexibility index (Phi) is 5.83. The largest absolute Gasteiger partial charge is 0.290 e. The van der Waals surface area contributed by atoms with Gasteiger partial charge in [0, 0.05) is 11.3 Å². The van der Waals surface area contributed by atoms with Gasteiger partial charge in [0.1, 0.15) is 5.56 Å². The lowest BCUT2D eigenvalue weighted by Crippen LogP contribution is -2.02. The van der Waals surface area contributed by atoms with E-state index in [1.54, 1.807) is 11.6 Å². The Balaban J connectivity index is 2.16. The first-order valence-corrected chi connectivity index (χ1v) is 9.44. The predicted molar refractivity (Wildman–Crippen MR) is 118 cm³/mol. The summed E-state index contributed by atoms with van der Waals surface area (Å²) in [6.45, 7) is 7.51. The highest BCUT2D eigenvalue weighted by atomic mass is 16.6. The number of benzene rings is 2. The standard InChI is InChI=1S/C21H19N5O6/c1-12-5-8-19(13(2)9-12)23-15(4)17(14(3)22-23)6-7-18-20(25(29)30)10-16(24(27)28)11-21(18)26(31)32/h5-11H,1-4H3/b7-6+. The molecule has 11 heteroatoms. The molecule has 1 heterocycles. The van der Waals surface area contributed by atoms with Crippen molar-refractivity contribution < 1.29 is 14.8 Å². The Morgan fingerprint density at radius 1 is 0.812 bits per heavy atom. The predicted octanol–water partition coefficient (Wildman–Crippen LogP) is 5.00. The SMILES string of the molecule is Cc1ccc(-n2nc(C)c(/C=C/c3c([N+](=O)[O-])cc([N+](=O)[O-])cc3[N+](=O)[O-])c2C)c(C)c1. The lowest BCUT2D eigenvalue weighted by atomic mass is 10.1. The molecule has 0 bridgehead atoms. The number of nitro benzene ring substituents is 3. The van der Waals surface area contributed by atoms with Crippen molar-refractivity contribution in [3.8, 4) is 5.69 Å². The van der Waals surface area contributed by atoms with Crippen molar-refractivity contribution in [1.82, 2.24) is 9.78 Å². The number of hydrogen-bond donors (Lipinski definition) is 0. The van der Waals surface area contributed by atoms with E-state index in [1.807, 2.05) is 39.0 Å². The molecule has 0 spiro atoms. The highest BCUT2D eigenvalue weighted by Gasteiger charge is 2.29. The molecular formula is C21H19N5O6. The second-order valence-electron chi connectivity index (χ2n) is 7.29. The van der Waals surface area contributed by atoms with Crippen LogP contribution in [0.4, 0.5) is 17.1 Å². The van der Waals surface area contributed by atoms with Gasteiger partial charge in [-0.3, -0.25) is 30.3 Å². The first-order valence-electron chi connectivity index (χ1n) is 9.44. The molecule has 11 nitrogen and oxygen atoms in total. The van der Waals surface area contributed by atoms with Crippen molar-refractivity contribution in [3.63, 3.8) is 0 Å². The molecular weight excluding hydrogens is 418 g/mol. The minimum absolute atomic E-state index is 0.330. The number of aryl methyl sites for hydroxylation is 3. The van der Waals surface area contributed by atoms with E-state index in [-0.39, 0.29) is 5.56 Å². The van der Waals surface area contributed by atoms with E-state index in [0.29, 0.717) is 23.4 Å². The normalized spacial score (nSPS) is 11.1. The Labute approximate surface area is 182 Å². The van der Waals surface area contributed by atoms with Gasteiger partial charge in [-0.15, -0.1) is 0 Å². The zero-order chi connectivity index (χ0) is 23.7. The van der Waals surface area contributed by atoms with Gasteiger partial charge in [0.25, 0.3) is 17.1 Å². The molecule has 0 atom stereocenters. The number of aromatic nitrogens is 2. The van der Waals surface area contributed by atoms with Gasteiger partial charge in [0.2, 0.25) is 0 Å². The Morgan fingerprint density at radius 2 is 1.38 bits per heavy atom. The zero-order valence-electron chi connectivity index (χ0n) is 17.7. The van der Waals surface area contributed by atoms with Crippen molar-refractivity contribution >= 4 is 29.2 Å². The van der Waals surface area contributed by atoms with Gasteiger partial charge in [0.15, 0.2) is 0 Å². The van der Waals surface area contributed by atoms with Gasteiger partial charge in [0.05, 0.1) is 38.3 Å². The summed E-state index contributed by atoms with van der Waals surface area (Å²) in [6, 6.07) is 7.34. The van der Waals surface area contributed by atoms with Crippen LogP contribution in [0, 0.1) is 58.0 Å². The second kappa shape index (κ2) is 8.38. The van der Waals surface area contributed by atoms with Gasteiger partial charge in [-0.1, -0.05) is 23.8 Å². The summed E-state index contributed by atoms with van der Waals surface area (Å²) >= 11 is 0. The highest BCUT2D eigenvalue weighted by molar-refractivity contribution is 5.82. The van der Waals surface area contributed by atoms with Gasteiger partial charge < -0.3 is 0 Å². The maximum absolute atomic E-state index is 11.5. The molecule has 0 unspecified atom stereocenters. The molecule has 0 amide bonds. The van der Waals surface area contributed by atoms with Gasteiger partial charge in [-0.2, -0.15) is 5.10 Å². The Morgan fingerprint density at radius 3 is 1.88 bits per heavy atom. The van der Waals surface area contributed by atoms with Crippen LogP contribution in [-0.4, -0.2) is 24.6 Å². The number of rotatable bonds is 6. The Bertz CT molecular complexity index is 1270. The molecule has 0 saturated heterocycles. The molecule has 0 fully saturated rings. The van der Waals surface area contributed by atoms with Gasteiger partial charge in [-0.05, 0) is 45.4 Å². The summed E-state index contributed by atoms with van der Waals surface area (Å²) < 4.78 is 1.74. The van der Waals surface area contributed by atoms with E-state index in [9.17, 15) is 30.3 Å². The fourth-order valence-corrected chi connectivity index (χ4v) is 3.53. The van der Waals surface area contributed by atoms with Crippen molar-refractivity contribution in [2.45, 2.75) is 27.7 Å². The molecule has 1 aromatic heterocycles. The molecule has 0 aliphatic rings. The maximum Gasteiger partial charge on any atom is 0.290 e. The average molecular weight is 437 g/mol. The van der Waals surface area contributed by atoms with E-state index < -0.39 is 31.8 Å². The fourth-order valence-electron chi connectivity index (χ4n) is 3.53. The molecule has 0 N–H and O–H groups in total. The number of nitro groups is 3. The van der Waals surface area contributed by atoms with Crippen LogP contribution in [0.1, 0.15) is 33.6 Å². The monoisotopic (exact) mass is 437 g/mol. The first kappa shape index (κ1) is 22.3. The van der Waals surface area contributed by atoms with Crippen molar-refractivity contribution in [2.24, 2.45) is 0 Å². The van der Waals surface area contributed by atoms with E-state index in [2.05, 4.69) is 5.10 Å². The van der Waals surface area contributed by atoms with E-state index in [0.717, 1.165) is 22.5 Å². The lowest BCUT2D eigenvalue weighted by Gasteiger charge is -2.09. The van der Waals surface area contributed by atoms with Crippen LogP contribution >= 0.6 is 0 Å². The van der Waals surface area contributed by atoms with E-state index in [1.165, 1.54) is 12.2 Å². The van der Waals surface area contributed by atoms with Crippen LogP contribution in [0.3, 0.4) is 0 Å². The summed E-state index contributed by atoms with van der Waals surface area (Å²) in [5.74, 6) is 0. The first-order chi connectivity index (χ1) is 15.0. The van der Waals surface area contributed by atoms with Crippen LogP contribution in [0.5, 0.6) is 0 Å².